The van der Waals surface area contributed by atoms with Crippen LogP contribution in [-0.2, 0) is 0 Å². The Morgan fingerprint density at radius 2 is 1.86 bits per heavy atom. The van der Waals surface area contributed by atoms with Crippen LogP contribution in [0.15, 0.2) is 67.1 Å². The fraction of sp³-hybridized carbons (Fsp3) is 0.136. The van der Waals surface area contributed by atoms with Gasteiger partial charge in [0.15, 0.2) is 0 Å². The fourth-order valence-corrected chi connectivity index (χ4v) is 3.59. The van der Waals surface area contributed by atoms with Crippen LogP contribution in [0.1, 0.15) is 33.2 Å². The summed E-state index contributed by atoms with van der Waals surface area (Å²) in [5.41, 5.74) is 4.15. The summed E-state index contributed by atoms with van der Waals surface area (Å²) >= 11 is 6.49. The van der Waals surface area contributed by atoms with E-state index in [4.69, 9.17) is 11.6 Å². The van der Waals surface area contributed by atoms with E-state index >= 15 is 0 Å². The number of hydrogen-bond donors (Lipinski definition) is 2. The molecule has 28 heavy (non-hydrogen) atoms. The minimum absolute atomic E-state index is 0.104. The first-order chi connectivity index (χ1) is 13.6. The van der Waals surface area contributed by atoms with E-state index in [2.05, 4.69) is 26.3 Å². The lowest BCUT2D eigenvalue weighted by Gasteiger charge is -2.19. The molecule has 0 spiro atoms. The van der Waals surface area contributed by atoms with Crippen LogP contribution in [0.25, 0.3) is 10.9 Å². The number of amides is 1. The number of nitrogens with one attached hydrogen (secondary N) is 2. The van der Waals surface area contributed by atoms with Crippen molar-refractivity contribution >= 4 is 28.4 Å². The van der Waals surface area contributed by atoms with Crippen molar-refractivity contribution < 1.29 is 4.79 Å². The smallest absolute Gasteiger partial charge is 0.271 e. The van der Waals surface area contributed by atoms with Gasteiger partial charge in [0.25, 0.3) is 5.91 Å². The Morgan fingerprint density at radius 3 is 2.64 bits per heavy atom. The molecule has 6 heteroatoms. The molecule has 4 rings (SSSR count). The van der Waals surface area contributed by atoms with Gasteiger partial charge in [-0.2, -0.15) is 0 Å². The van der Waals surface area contributed by atoms with Crippen molar-refractivity contribution in [2.45, 2.75) is 12.8 Å². The van der Waals surface area contributed by atoms with Crippen molar-refractivity contribution in [2.24, 2.45) is 0 Å². The topological polar surface area (TPSA) is 70.7 Å². The summed E-state index contributed by atoms with van der Waals surface area (Å²) in [6.07, 6.45) is 5.05. The van der Waals surface area contributed by atoms with E-state index < -0.39 is 0 Å². The molecule has 0 bridgehead atoms. The molecule has 0 radical (unpaired) electrons. The lowest BCUT2D eigenvalue weighted by Crippen LogP contribution is -2.29. The summed E-state index contributed by atoms with van der Waals surface area (Å²) in [7, 11) is 0. The molecule has 140 valence electrons. The second-order valence-corrected chi connectivity index (χ2v) is 7.02. The molecule has 0 aliphatic heterocycles. The number of hydrogen-bond acceptors (Lipinski definition) is 3. The number of H-pyrrole nitrogens is 1. The van der Waals surface area contributed by atoms with Crippen LogP contribution in [-0.4, -0.2) is 27.4 Å². The van der Waals surface area contributed by atoms with Crippen LogP contribution in [0.3, 0.4) is 0 Å². The van der Waals surface area contributed by atoms with Gasteiger partial charge in [0, 0.05) is 40.8 Å². The van der Waals surface area contributed by atoms with Crippen molar-refractivity contribution in [1.29, 1.82) is 0 Å². The predicted molar refractivity (Wildman–Crippen MR) is 111 cm³/mol. The lowest BCUT2D eigenvalue weighted by molar-refractivity contribution is 0.0947. The van der Waals surface area contributed by atoms with Crippen molar-refractivity contribution in [3.8, 4) is 0 Å². The van der Waals surface area contributed by atoms with Crippen LogP contribution in [0.5, 0.6) is 0 Å². The van der Waals surface area contributed by atoms with Crippen LogP contribution >= 0.6 is 11.6 Å². The van der Waals surface area contributed by atoms with Crippen LogP contribution in [0, 0.1) is 6.92 Å². The minimum Gasteiger partial charge on any atom is -0.361 e. The molecule has 0 aliphatic carbocycles. The maximum absolute atomic E-state index is 12.6. The molecule has 2 heterocycles. The molecule has 2 N–H and O–H groups in total. The van der Waals surface area contributed by atoms with Gasteiger partial charge in [-0.3, -0.25) is 9.78 Å². The van der Waals surface area contributed by atoms with Crippen LogP contribution < -0.4 is 5.32 Å². The van der Waals surface area contributed by atoms with E-state index in [1.165, 1.54) is 6.20 Å². The predicted octanol–water partition coefficient (Wildman–Crippen LogP) is 4.48. The lowest BCUT2D eigenvalue weighted by atomic mass is 9.90. The average Bonchev–Trinajstić information content (AvgIpc) is 3.14. The zero-order valence-corrected chi connectivity index (χ0v) is 16.1. The third-order valence-corrected chi connectivity index (χ3v) is 5.10. The highest BCUT2D eigenvalue weighted by atomic mass is 35.5. The Hall–Kier alpha value is -3.18. The van der Waals surface area contributed by atoms with E-state index in [9.17, 15) is 4.79 Å². The van der Waals surface area contributed by atoms with Gasteiger partial charge < -0.3 is 10.3 Å². The van der Waals surface area contributed by atoms with Gasteiger partial charge in [-0.1, -0.05) is 48.0 Å². The Morgan fingerprint density at radius 1 is 1.07 bits per heavy atom. The first-order valence-corrected chi connectivity index (χ1v) is 9.38. The minimum atomic E-state index is -0.260. The van der Waals surface area contributed by atoms with E-state index in [1.807, 2.05) is 55.6 Å². The molecule has 1 unspecified atom stereocenters. The maximum Gasteiger partial charge on any atom is 0.271 e. The Balaban J connectivity index is 1.67. The number of halogens is 1. The number of rotatable bonds is 5. The van der Waals surface area contributed by atoms with Crippen molar-refractivity contribution in [2.75, 3.05) is 6.54 Å². The summed E-state index contributed by atoms with van der Waals surface area (Å²) in [6, 6.07) is 15.8. The van der Waals surface area contributed by atoms with Gasteiger partial charge in [0.1, 0.15) is 5.69 Å². The van der Waals surface area contributed by atoms with E-state index in [0.717, 1.165) is 27.7 Å². The number of aromatic amines is 1. The first kappa shape index (κ1) is 18.2. The van der Waals surface area contributed by atoms with Gasteiger partial charge in [-0.05, 0) is 30.2 Å². The van der Waals surface area contributed by atoms with Gasteiger partial charge in [-0.15, -0.1) is 0 Å². The molecule has 1 atom stereocenters. The first-order valence-electron chi connectivity index (χ1n) is 9.01. The standard InChI is InChI=1S/C22H19ClN4O/c1-14-10-25-21(13-24-14)22(28)27-12-17(15-6-2-4-8-19(15)23)18-11-26-20-9-5-3-7-16(18)20/h2-11,13,17,26H,12H2,1H3,(H,27,28). The SMILES string of the molecule is Cc1cnc(C(=O)NCC(c2ccccc2Cl)c2c[nH]c3ccccc23)cn1. The zero-order chi connectivity index (χ0) is 19.5. The molecule has 0 aliphatic rings. The number of carbonyl (C=O) groups excluding carboxylic acids is 1. The summed E-state index contributed by atoms with van der Waals surface area (Å²) < 4.78 is 0. The molecule has 2 aromatic carbocycles. The average molecular weight is 391 g/mol. The maximum atomic E-state index is 12.6. The monoisotopic (exact) mass is 390 g/mol. The van der Waals surface area contributed by atoms with E-state index in [-0.39, 0.29) is 11.8 Å². The molecule has 2 aromatic heterocycles. The van der Waals surface area contributed by atoms with Gasteiger partial charge in [-0.25, -0.2) is 4.98 Å². The normalized spacial score (nSPS) is 12.1. The number of aryl methyl sites for hydroxylation is 1. The molecule has 4 aromatic rings. The highest BCUT2D eigenvalue weighted by Gasteiger charge is 2.21. The Bertz CT molecular complexity index is 1120. The molecule has 0 saturated carbocycles. The van der Waals surface area contributed by atoms with Crippen molar-refractivity contribution in [3.05, 3.63) is 94.7 Å². The highest BCUT2D eigenvalue weighted by Crippen LogP contribution is 2.34. The largest absolute Gasteiger partial charge is 0.361 e. The number of nitrogens with zero attached hydrogens (tertiary/aromatic N) is 2. The van der Waals surface area contributed by atoms with E-state index in [1.54, 1.807) is 6.20 Å². The van der Waals surface area contributed by atoms with Gasteiger partial charge in [0.2, 0.25) is 0 Å². The summed E-state index contributed by atoms with van der Waals surface area (Å²) in [5, 5.41) is 4.76. The molecular weight excluding hydrogens is 372 g/mol. The number of benzene rings is 2. The van der Waals surface area contributed by atoms with Gasteiger partial charge >= 0.3 is 0 Å². The molecule has 0 saturated heterocycles. The third-order valence-electron chi connectivity index (χ3n) is 4.76. The second-order valence-electron chi connectivity index (χ2n) is 6.62. The number of carbonyl (C=O) groups is 1. The van der Waals surface area contributed by atoms with Gasteiger partial charge in [0.05, 0.1) is 11.9 Å². The van der Waals surface area contributed by atoms with Crippen LogP contribution in [0.2, 0.25) is 5.02 Å². The van der Waals surface area contributed by atoms with Crippen molar-refractivity contribution in [1.82, 2.24) is 20.3 Å². The zero-order valence-electron chi connectivity index (χ0n) is 15.3. The summed E-state index contributed by atoms with van der Waals surface area (Å²) in [4.78, 5) is 24.2. The van der Waals surface area contributed by atoms with E-state index in [0.29, 0.717) is 17.3 Å². The third kappa shape index (κ3) is 3.62. The molecule has 0 fully saturated rings. The molecule has 1 amide bonds. The fourth-order valence-electron chi connectivity index (χ4n) is 3.32. The molecule has 5 nitrogen and oxygen atoms in total. The Labute approximate surface area is 167 Å². The summed E-state index contributed by atoms with van der Waals surface area (Å²) in [6.45, 7) is 2.22. The molecular formula is C22H19ClN4O. The van der Waals surface area contributed by atoms with Crippen molar-refractivity contribution in [3.63, 3.8) is 0 Å². The Kier molecular flexibility index (Phi) is 5.08. The van der Waals surface area contributed by atoms with Crippen LogP contribution in [0.4, 0.5) is 0 Å². The second kappa shape index (κ2) is 7.82. The number of para-hydroxylation sites is 1. The number of aromatic nitrogens is 3. The summed E-state index contributed by atoms with van der Waals surface area (Å²) in [5.74, 6) is -0.364. The quantitative estimate of drug-likeness (QED) is 0.527. The highest BCUT2D eigenvalue weighted by molar-refractivity contribution is 6.31. The number of fused-ring (bicyclic) bond motifs is 1.